The molecule has 1 heterocycles. The van der Waals surface area contributed by atoms with E-state index in [0.29, 0.717) is 42.4 Å². The predicted molar refractivity (Wildman–Crippen MR) is 151 cm³/mol. The third kappa shape index (κ3) is 6.38. The Hall–Kier alpha value is -2.79. The minimum absolute atomic E-state index is 0. The van der Waals surface area contributed by atoms with Gasteiger partial charge in [-0.05, 0) is 49.1 Å². The maximum atomic E-state index is 13.4. The summed E-state index contributed by atoms with van der Waals surface area (Å²) in [5.74, 6) is 0.876. The quantitative estimate of drug-likeness (QED) is 0.409. The Labute approximate surface area is 229 Å². The number of Topliss-reactive ketones (excluding diaryl/α,β-unsaturated/α-hetero) is 1. The van der Waals surface area contributed by atoms with Crippen LogP contribution >= 0.6 is 17.0 Å². The second-order valence-electron chi connectivity index (χ2n) is 9.82. The summed E-state index contributed by atoms with van der Waals surface area (Å²) >= 11 is 0. The van der Waals surface area contributed by atoms with E-state index < -0.39 is 15.4 Å². The van der Waals surface area contributed by atoms with Gasteiger partial charge in [-0.25, -0.2) is 8.42 Å². The second kappa shape index (κ2) is 11.3. The molecule has 0 atom stereocenters. The first-order chi connectivity index (χ1) is 16.7. The average molecular weight is 599 g/mol. The molecule has 0 saturated heterocycles. The van der Waals surface area contributed by atoms with Gasteiger partial charge in [-0.1, -0.05) is 20.8 Å². The van der Waals surface area contributed by atoms with Gasteiger partial charge in [0.05, 0.1) is 31.7 Å². The molecule has 2 aromatic carbocycles. The summed E-state index contributed by atoms with van der Waals surface area (Å²) in [4.78, 5) is 15.1. The van der Waals surface area contributed by atoms with Gasteiger partial charge >= 0.3 is 0 Å². The van der Waals surface area contributed by atoms with Crippen LogP contribution in [0.15, 0.2) is 24.3 Å². The molecule has 9 nitrogen and oxygen atoms in total. The molecule has 11 heteroatoms. The van der Waals surface area contributed by atoms with E-state index in [4.69, 9.17) is 14.9 Å². The third-order valence-corrected chi connectivity index (χ3v) is 7.28. The number of phenolic OH excluding ortho intramolecular Hbond substituents is 1. The number of aromatic hydroxyl groups is 1. The van der Waals surface area contributed by atoms with Crippen molar-refractivity contribution in [2.24, 2.45) is 0 Å². The van der Waals surface area contributed by atoms with Crippen molar-refractivity contribution in [1.29, 1.82) is 5.41 Å². The summed E-state index contributed by atoms with van der Waals surface area (Å²) in [5.41, 5.74) is 1.75. The van der Waals surface area contributed by atoms with E-state index >= 15 is 0 Å². The molecule has 0 bridgehead atoms. The van der Waals surface area contributed by atoms with E-state index in [1.165, 1.54) is 13.1 Å². The number of nitrogens with one attached hydrogen (secondary N) is 1. The zero-order chi connectivity index (χ0) is 27.0. The first-order valence-electron chi connectivity index (χ1n) is 11.8. The van der Waals surface area contributed by atoms with E-state index in [1.807, 2.05) is 40.7 Å². The van der Waals surface area contributed by atoms with Crippen LogP contribution in [0.4, 0.5) is 5.69 Å². The van der Waals surface area contributed by atoms with Gasteiger partial charge in [-0.2, -0.15) is 0 Å². The van der Waals surface area contributed by atoms with Crippen LogP contribution in [0, 0.1) is 5.41 Å². The summed E-state index contributed by atoms with van der Waals surface area (Å²) in [6.45, 7) is 10.6. The van der Waals surface area contributed by atoms with Crippen LogP contribution in [0.5, 0.6) is 17.2 Å². The van der Waals surface area contributed by atoms with Gasteiger partial charge in [0.15, 0.2) is 17.3 Å². The zero-order valence-corrected chi connectivity index (χ0v) is 24.9. The number of halogens is 1. The molecule has 3 rings (SSSR count). The van der Waals surface area contributed by atoms with Crippen molar-refractivity contribution in [1.82, 2.24) is 4.90 Å². The molecule has 2 N–H and O–H groups in total. The summed E-state index contributed by atoms with van der Waals surface area (Å²) in [6, 6.07) is 6.61. The van der Waals surface area contributed by atoms with E-state index in [9.17, 15) is 18.3 Å². The Balaban J connectivity index is 0.00000481. The molecule has 0 fully saturated rings. The lowest BCUT2D eigenvalue weighted by Crippen LogP contribution is -2.31. The van der Waals surface area contributed by atoms with Crippen LogP contribution in [0.2, 0.25) is 0 Å². The highest BCUT2D eigenvalue weighted by molar-refractivity contribution is 8.93. The van der Waals surface area contributed by atoms with Gasteiger partial charge in [0.25, 0.3) is 0 Å². The zero-order valence-electron chi connectivity index (χ0n) is 22.3. The molecule has 37 heavy (non-hydrogen) atoms. The number of hydrogen-bond donors (Lipinski definition) is 2. The number of rotatable bonds is 9. The Morgan fingerprint density at radius 3 is 2.19 bits per heavy atom. The molecular formula is C26H36BrN3O6S. The molecule has 1 aliphatic rings. The molecule has 0 aromatic heterocycles. The number of anilines is 1. The maximum absolute atomic E-state index is 13.4. The highest BCUT2D eigenvalue weighted by Crippen LogP contribution is 2.40. The molecule has 1 aliphatic heterocycles. The monoisotopic (exact) mass is 597 g/mol. The number of hydrogen-bond acceptors (Lipinski definition) is 7. The lowest BCUT2D eigenvalue weighted by Gasteiger charge is -2.26. The minimum atomic E-state index is -3.67. The average Bonchev–Trinajstić information content (AvgIpc) is 3.06. The minimum Gasteiger partial charge on any atom is -0.505 e. The largest absolute Gasteiger partial charge is 0.505 e. The highest BCUT2D eigenvalue weighted by atomic mass is 79.9. The van der Waals surface area contributed by atoms with Crippen molar-refractivity contribution in [3.8, 4) is 17.2 Å². The number of ketones is 1. The first-order valence-corrected chi connectivity index (χ1v) is 13.6. The van der Waals surface area contributed by atoms with Crippen LogP contribution < -0.4 is 13.8 Å². The van der Waals surface area contributed by atoms with Gasteiger partial charge in [0.1, 0.15) is 11.6 Å². The lowest BCUT2D eigenvalue weighted by molar-refractivity contribution is 0.0962. The standard InChI is InChI=1S/C26H35N3O6S.BrH/c1-8-34-22-12-17-14-29(25(27)18(17)13-23(22)35-9-2)15-21(30)16-10-19(26(3,4)5)24(31)20(11-16)28(6)36(7,32)33;/h10-13,27,31H,8-9,14-15H2,1-7H3;1H. The fourth-order valence-electron chi connectivity index (χ4n) is 4.12. The molecule has 0 aliphatic carbocycles. The van der Waals surface area contributed by atoms with Gasteiger partial charge in [0.2, 0.25) is 10.0 Å². The van der Waals surface area contributed by atoms with Gasteiger partial charge in [-0.15, -0.1) is 17.0 Å². The second-order valence-corrected chi connectivity index (χ2v) is 11.8. The summed E-state index contributed by atoms with van der Waals surface area (Å²) in [7, 11) is -2.34. The van der Waals surface area contributed by atoms with Crippen molar-refractivity contribution in [3.05, 3.63) is 46.5 Å². The van der Waals surface area contributed by atoms with Crippen LogP contribution in [0.25, 0.3) is 0 Å². The van der Waals surface area contributed by atoms with Crippen molar-refractivity contribution in [2.75, 3.05) is 37.4 Å². The highest BCUT2D eigenvalue weighted by Gasteiger charge is 2.31. The fourth-order valence-corrected chi connectivity index (χ4v) is 4.61. The van der Waals surface area contributed by atoms with Gasteiger partial charge in [0, 0.05) is 30.3 Å². The van der Waals surface area contributed by atoms with Gasteiger partial charge in [-0.3, -0.25) is 14.5 Å². The number of phenols is 1. The Morgan fingerprint density at radius 2 is 1.68 bits per heavy atom. The predicted octanol–water partition coefficient (Wildman–Crippen LogP) is 4.48. The fraction of sp³-hybridized carbons (Fsp3) is 0.462. The van der Waals surface area contributed by atoms with E-state index in [2.05, 4.69) is 0 Å². The van der Waals surface area contributed by atoms with E-state index in [1.54, 1.807) is 17.0 Å². The number of carbonyl (C=O) groups excluding carboxylic acids is 1. The SMILES string of the molecule is Br.CCOc1cc2c(cc1OCC)C(=N)N(CC(=O)c1cc(N(C)S(C)(=O)=O)c(O)c(C(C)(C)C)c1)C2. The van der Waals surface area contributed by atoms with Gasteiger partial charge < -0.3 is 19.5 Å². The number of benzene rings is 2. The molecule has 0 spiro atoms. The molecule has 0 unspecified atom stereocenters. The normalized spacial score (nSPS) is 13.2. The van der Waals surface area contributed by atoms with Crippen LogP contribution in [-0.4, -0.2) is 63.1 Å². The van der Waals surface area contributed by atoms with E-state index in [-0.39, 0.29) is 52.1 Å². The summed E-state index contributed by atoms with van der Waals surface area (Å²) < 4.78 is 36.7. The number of sulfonamides is 1. The molecule has 204 valence electrons. The smallest absolute Gasteiger partial charge is 0.232 e. The third-order valence-electron chi connectivity index (χ3n) is 6.09. The number of amidine groups is 1. The molecular weight excluding hydrogens is 562 g/mol. The topological polar surface area (TPSA) is 120 Å². The first kappa shape index (κ1) is 30.4. The molecule has 2 aromatic rings. The van der Waals surface area contributed by atoms with Crippen LogP contribution in [-0.2, 0) is 22.0 Å². The maximum Gasteiger partial charge on any atom is 0.232 e. The molecule has 0 amide bonds. The Kier molecular flexibility index (Phi) is 9.30. The number of nitrogens with zero attached hydrogens (tertiary/aromatic N) is 2. The Bertz CT molecular complexity index is 1300. The summed E-state index contributed by atoms with van der Waals surface area (Å²) in [6.07, 6.45) is 1.04. The van der Waals surface area contributed by atoms with Crippen molar-refractivity contribution in [2.45, 2.75) is 46.6 Å². The lowest BCUT2D eigenvalue weighted by atomic mass is 9.84. The number of fused-ring (bicyclic) bond motifs is 1. The van der Waals surface area contributed by atoms with Crippen molar-refractivity contribution in [3.63, 3.8) is 0 Å². The molecule has 0 saturated carbocycles. The molecule has 0 radical (unpaired) electrons. The number of ether oxygens (including phenoxy) is 2. The number of carbonyl (C=O) groups is 1. The van der Waals surface area contributed by atoms with Crippen molar-refractivity contribution < 1.29 is 27.8 Å². The summed E-state index contributed by atoms with van der Waals surface area (Å²) in [5, 5.41) is 19.5. The van der Waals surface area contributed by atoms with Crippen LogP contribution in [0.1, 0.15) is 61.7 Å². The van der Waals surface area contributed by atoms with Crippen molar-refractivity contribution >= 4 is 44.3 Å². The Morgan fingerprint density at radius 1 is 1.11 bits per heavy atom. The van der Waals surface area contributed by atoms with Crippen LogP contribution in [0.3, 0.4) is 0 Å². The van der Waals surface area contributed by atoms with E-state index in [0.717, 1.165) is 16.1 Å².